The van der Waals surface area contributed by atoms with Crippen molar-refractivity contribution in [3.05, 3.63) is 35.2 Å². The van der Waals surface area contributed by atoms with Gasteiger partial charge < -0.3 is 10.6 Å². The van der Waals surface area contributed by atoms with Crippen LogP contribution < -0.4 is 10.6 Å². The summed E-state index contributed by atoms with van der Waals surface area (Å²) in [5.41, 5.74) is 1.36. The quantitative estimate of drug-likeness (QED) is 0.763. The Morgan fingerprint density at radius 2 is 2.11 bits per heavy atom. The number of nitrogens with one attached hydrogen (secondary N) is 2. The van der Waals surface area contributed by atoms with Crippen molar-refractivity contribution in [2.24, 2.45) is 0 Å². The van der Waals surface area contributed by atoms with Crippen LogP contribution in [0.2, 0.25) is 0 Å². The molecule has 1 heterocycles. The lowest BCUT2D eigenvalue weighted by molar-refractivity contribution is -0.121. The zero-order valence-electron chi connectivity index (χ0n) is 11.2. The molecular weight excluding hydrogens is 256 g/mol. The van der Waals surface area contributed by atoms with Crippen molar-refractivity contribution in [2.45, 2.75) is 19.3 Å². The number of fused-ring (bicyclic) bond motifs is 1. The van der Waals surface area contributed by atoms with Gasteiger partial charge in [0.25, 0.3) is 0 Å². The average Bonchev–Trinajstić information content (AvgIpc) is 2.83. The monoisotopic (exact) mass is 276 g/mol. The van der Waals surface area contributed by atoms with Crippen molar-refractivity contribution in [1.82, 2.24) is 10.6 Å². The number of benzene rings is 1. The zero-order valence-corrected chi connectivity index (χ0v) is 12.1. The molecule has 0 atom stereocenters. The molecule has 1 aromatic carbocycles. The van der Waals surface area contributed by atoms with Gasteiger partial charge in [-0.05, 0) is 42.3 Å². The Bertz CT molecular complexity index is 536. The second-order valence-corrected chi connectivity index (χ2v) is 5.48. The van der Waals surface area contributed by atoms with Gasteiger partial charge in [0.1, 0.15) is 0 Å². The van der Waals surface area contributed by atoms with E-state index in [0.29, 0.717) is 13.0 Å². The molecule has 3 nitrogen and oxygen atoms in total. The Morgan fingerprint density at radius 3 is 2.95 bits per heavy atom. The summed E-state index contributed by atoms with van der Waals surface area (Å²) in [5.74, 6) is 0.148. The number of rotatable bonds is 7. The predicted octanol–water partition coefficient (Wildman–Crippen LogP) is 2.56. The third kappa shape index (κ3) is 4.04. The van der Waals surface area contributed by atoms with E-state index >= 15 is 0 Å². The third-order valence-electron chi connectivity index (χ3n) is 3.11. The Kier molecular flexibility index (Phi) is 5.36. The second kappa shape index (κ2) is 7.26. The first kappa shape index (κ1) is 14.0. The predicted molar refractivity (Wildman–Crippen MR) is 81.7 cm³/mol. The fraction of sp³-hybridized carbons (Fsp3) is 0.400. The number of thiophene rings is 1. The highest BCUT2D eigenvalue weighted by atomic mass is 32.1. The number of hydrogen-bond acceptors (Lipinski definition) is 3. The molecule has 0 aliphatic carbocycles. The van der Waals surface area contributed by atoms with Crippen molar-refractivity contribution in [1.29, 1.82) is 0 Å². The summed E-state index contributed by atoms with van der Waals surface area (Å²) >= 11 is 1.78. The van der Waals surface area contributed by atoms with E-state index < -0.39 is 0 Å². The molecule has 102 valence electrons. The highest BCUT2D eigenvalue weighted by Crippen LogP contribution is 2.26. The SMILES string of the molecule is CNCCNC(=O)CCCc1csc2ccccc12. The van der Waals surface area contributed by atoms with Crippen LogP contribution in [-0.2, 0) is 11.2 Å². The van der Waals surface area contributed by atoms with E-state index in [1.165, 1.54) is 15.6 Å². The van der Waals surface area contributed by atoms with Crippen molar-refractivity contribution < 1.29 is 4.79 Å². The van der Waals surface area contributed by atoms with Crippen LogP contribution in [0.1, 0.15) is 18.4 Å². The van der Waals surface area contributed by atoms with Gasteiger partial charge in [-0.15, -0.1) is 11.3 Å². The maximum atomic E-state index is 11.6. The molecule has 0 bridgehead atoms. The minimum atomic E-state index is 0.148. The minimum absolute atomic E-state index is 0.148. The molecule has 4 heteroatoms. The number of likely N-dealkylation sites (N-methyl/N-ethyl adjacent to an activating group) is 1. The highest BCUT2D eigenvalue weighted by molar-refractivity contribution is 7.17. The molecule has 0 fully saturated rings. The standard InChI is InChI=1S/C15H20N2OS/c1-16-9-10-17-15(18)8-4-5-12-11-19-14-7-3-2-6-13(12)14/h2-3,6-7,11,16H,4-5,8-10H2,1H3,(H,17,18). The smallest absolute Gasteiger partial charge is 0.220 e. The van der Waals surface area contributed by atoms with Crippen molar-refractivity contribution >= 4 is 27.3 Å². The summed E-state index contributed by atoms with van der Waals surface area (Å²) < 4.78 is 1.33. The van der Waals surface area contributed by atoms with E-state index in [0.717, 1.165) is 19.4 Å². The number of carbonyl (C=O) groups is 1. The fourth-order valence-corrected chi connectivity index (χ4v) is 3.08. The summed E-state index contributed by atoms with van der Waals surface area (Å²) in [6.07, 6.45) is 2.49. The normalized spacial score (nSPS) is 10.8. The summed E-state index contributed by atoms with van der Waals surface area (Å²) in [6, 6.07) is 8.45. The van der Waals surface area contributed by atoms with Crippen LogP contribution in [0.15, 0.2) is 29.6 Å². The lowest BCUT2D eigenvalue weighted by Gasteiger charge is -2.04. The molecule has 2 N–H and O–H groups in total. The molecule has 2 rings (SSSR count). The fourth-order valence-electron chi connectivity index (χ4n) is 2.08. The molecule has 1 amide bonds. The molecule has 0 unspecified atom stereocenters. The first-order valence-corrected chi connectivity index (χ1v) is 7.55. The van der Waals surface area contributed by atoms with E-state index in [2.05, 4.69) is 40.3 Å². The topological polar surface area (TPSA) is 41.1 Å². The summed E-state index contributed by atoms with van der Waals surface area (Å²) in [4.78, 5) is 11.6. The second-order valence-electron chi connectivity index (χ2n) is 4.56. The molecule has 1 aromatic heterocycles. The number of aryl methyl sites for hydroxylation is 1. The number of carbonyl (C=O) groups excluding carboxylic acids is 1. The van der Waals surface area contributed by atoms with Crippen molar-refractivity contribution in [3.8, 4) is 0 Å². The van der Waals surface area contributed by atoms with Gasteiger partial charge in [-0.2, -0.15) is 0 Å². The van der Waals surface area contributed by atoms with E-state index in [4.69, 9.17) is 0 Å². The maximum absolute atomic E-state index is 11.6. The molecule has 0 radical (unpaired) electrons. The summed E-state index contributed by atoms with van der Waals surface area (Å²) in [6.45, 7) is 1.53. The first-order valence-electron chi connectivity index (χ1n) is 6.67. The molecule has 19 heavy (non-hydrogen) atoms. The Balaban J connectivity index is 1.78. The Labute approximate surface area is 118 Å². The molecule has 0 aliphatic heterocycles. The van der Waals surface area contributed by atoms with E-state index in [1.54, 1.807) is 11.3 Å². The van der Waals surface area contributed by atoms with Gasteiger partial charge in [-0.25, -0.2) is 0 Å². The van der Waals surface area contributed by atoms with E-state index in [-0.39, 0.29) is 5.91 Å². The third-order valence-corrected chi connectivity index (χ3v) is 4.12. The van der Waals surface area contributed by atoms with Crippen LogP contribution >= 0.6 is 11.3 Å². The summed E-state index contributed by atoms with van der Waals surface area (Å²) in [5, 5.41) is 9.46. The molecule has 0 saturated carbocycles. The number of amides is 1. The Morgan fingerprint density at radius 1 is 1.26 bits per heavy atom. The van der Waals surface area contributed by atoms with Gasteiger partial charge in [0.2, 0.25) is 5.91 Å². The lowest BCUT2D eigenvalue weighted by Crippen LogP contribution is -2.30. The number of hydrogen-bond donors (Lipinski definition) is 2. The maximum Gasteiger partial charge on any atom is 0.220 e. The highest BCUT2D eigenvalue weighted by Gasteiger charge is 2.05. The van der Waals surface area contributed by atoms with Crippen LogP contribution in [0.25, 0.3) is 10.1 Å². The van der Waals surface area contributed by atoms with E-state index in [9.17, 15) is 4.79 Å². The minimum Gasteiger partial charge on any atom is -0.355 e. The van der Waals surface area contributed by atoms with Crippen molar-refractivity contribution in [2.75, 3.05) is 20.1 Å². The van der Waals surface area contributed by atoms with E-state index in [1.807, 2.05) is 7.05 Å². The lowest BCUT2D eigenvalue weighted by atomic mass is 10.1. The summed E-state index contributed by atoms with van der Waals surface area (Å²) in [7, 11) is 1.88. The van der Waals surface area contributed by atoms with Crippen LogP contribution in [0.4, 0.5) is 0 Å². The van der Waals surface area contributed by atoms with Crippen LogP contribution in [0, 0.1) is 0 Å². The molecule has 2 aromatic rings. The van der Waals surface area contributed by atoms with Gasteiger partial charge in [-0.3, -0.25) is 4.79 Å². The largest absolute Gasteiger partial charge is 0.355 e. The molecule has 0 saturated heterocycles. The van der Waals surface area contributed by atoms with Crippen molar-refractivity contribution in [3.63, 3.8) is 0 Å². The van der Waals surface area contributed by atoms with Gasteiger partial charge in [-0.1, -0.05) is 18.2 Å². The van der Waals surface area contributed by atoms with Gasteiger partial charge in [0.15, 0.2) is 0 Å². The molecular formula is C15H20N2OS. The van der Waals surface area contributed by atoms with Gasteiger partial charge in [0, 0.05) is 24.2 Å². The molecule has 0 aliphatic rings. The van der Waals surface area contributed by atoms with Gasteiger partial charge in [0.05, 0.1) is 0 Å². The molecule has 0 spiro atoms. The zero-order chi connectivity index (χ0) is 13.5. The van der Waals surface area contributed by atoms with Crippen LogP contribution in [-0.4, -0.2) is 26.0 Å². The van der Waals surface area contributed by atoms with Crippen LogP contribution in [0.5, 0.6) is 0 Å². The van der Waals surface area contributed by atoms with Gasteiger partial charge >= 0.3 is 0 Å². The van der Waals surface area contributed by atoms with Crippen LogP contribution in [0.3, 0.4) is 0 Å². The average molecular weight is 276 g/mol. The first-order chi connectivity index (χ1) is 9.31. The Hall–Kier alpha value is -1.39.